The Labute approximate surface area is 287 Å². The van der Waals surface area contributed by atoms with Crippen LogP contribution in [0.4, 0.5) is 17.1 Å². The Balaban J connectivity index is 1.14. The molecule has 2 heterocycles. The molecule has 0 unspecified atom stereocenters. The maximum absolute atomic E-state index is 6.41. The first-order valence-corrected chi connectivity index (χ1v) is 17.4. The number of hydrogen-bond acceptors (Lipinski definition) is 3. The second-order valence-corrected chi connectivity index (χ2v) is 13.6. The van der Waals surface area contributed by atoms with Crippen LogP contribution in [0.1, 0.15) is 0 Å². The summed E-state index contributed by atoms with van der Waals surface area (Å²) in [5.74, 6) is 0. The summed E-state index contributed by atoms with van der Waals surface area (Å²) in [7, 11) is 0. The van der Waals surface area contributed by atoms with Crippen molar-refractivity contribution in [3.63, 3.8) is 0 Å². The fraction of sp³-hybridized carbons (Fsp3) is 0. The first-order valence-electron chi connectivity index (χ1n) is 16.6. The van der Waals surface area contributed by atoms with Gasteiger partial charge in [-0.1, -0.05) is 109 Å². The number of benzene rings is 8. The highest BCUT2D eigenvalue weighted by molar-refractivity contribution is 7.25. The van der Waals surface area contributed by atoms with Crippen LogP contribution in [-0.2, 0) is 0 Å². The third-order valence-electron chi connectivity index (χ3n) is 9.65. The minimum Gasteiger partial charge on any atom is -0.455 e. The van der Waals surface area contributed by atoms with Crippen molar-refractivity contribution in [2.75, 3.05) is 4.90 Å². The Morgan fingerprint density at radius 3 is 1.73 bits per heavy atom. The van der Waals surface area contributed by atoms with Gasteiger partial charge in [0.15, 0.2) is 0 Å². The molecule has 10 aromatic rings. The molecule has 49 heavy (non-hydrogen) atoms. The van der Waals surface area contributed by atoms with Gasteiger partial charge in [0, 0.05) is 53.4 Å². The standard InChI is InChI=1S/C46H29NOS/c1-3-11-30(12-4-1)31-19-22-34(23-20-31)47(33-13-5-2-6-14-33)35-24-26-45-41(28-35)40-27-32(21-25-44(40)49-45)39-29-42-37-16-9-10-18-43(37)48-46(42)38-17-8-7-15-36(38)39/h1-29H. The van der Waals surface area contributed by atoms with Crippen molar-refractivity contribution in [3.8, 4) is 22.3 Å². The number of para-hydroxylation sites is 2. The van der Waals surface area contributed by atoms with E-state index in [4.69, 9.17) is 4.42 Å². The van der Waals surface area contributed by atoms with Crippen LogP contribution in [0.2, 0.25) is 0 Å². The van der Waals surface area contributed by atoms with Crippen molar-refractivity contribution in [1.82, 2.24) is 0 Å². The molecule has 0 aliphatic carbocycles. The van der Waals surface area contributed by atoms with Crippen LogP contribution in [0.25, 0.3) is 75.1 Å². The van der Waals surface area contributed by atoms with Gasteiger partial charge in [-0.15, -0.1) is 11.3 Å². The molecule has 0 aliphatic heterocycles. The van der Waals surface area contributed by atoms with E-state index in [1.165, 1.54) is 47.8 Å². The Hall–Kier alpha value is -6.16. The SMILES string of the molecule is c1ccc(-c2ccc(N(c3ccccc3)c3ccc4sc5ccc(-c6cc7c8ccccc8oc7c7ccccc67)cc5c4c3)cc2)cc1. The molecule has 0 spiro atoms. The average Bonchev–Trinajstić information content (AvgIpc) is 3.74. The molecular weight excluding hydrogens is 615 g/mol. The maximum Gasteiger partial charge on any atom is 0.143 e. The monoisotopic (exact) mass is 643 g/mol. The summed E-state index contributed by atoms with van der Waals surface area (Å²) in [4.78, 5) is 2.35. The van der Waals surface area contributed by atoms with E-state index >= 15 is 0 Å². The van der Waals surface area contributed by atoms with E-state index < -0.39 is 0 Å². The number of hydrogen-bond donors (Lipinski definition) is 0. The van der Waals surface area contributed by atoms with Gasteiger partial charge in [0.1, 0.15) is 11.2 Å². The summed E-state index contributed by atoms with van der Waals surface area (Å²) in [6.45, 7) is 0. The fourth-order valence-corrected chi connectivity index (χ4v) is 8.38. The van der Waals surface area contributed by atoms with Gasteiger partial charge >= 0.3 is 0 Å². The van der Waals surface area contributed by atoms with Gasteiger partial charge in [0.25, 0.3) is 0 Å². The zero-order valence-electron chi connectivity index (χ0n) is 26.5. The van der Waals surface area contributed by atoms with Gasteiger partial charge < -0.3 is 9.32 Å². The van der Waals surface area contributed by atoms with Gasteiger partial charge in [0.2, 0.25) is 0 Å². The van der Waals surface area contributed by atoms with E-state index in [1.807, 2.05) is 17.4 Å². The number of nitrogens with zero attached hydrogens (tertiary/aromatic N) is 1. The summed E-state index contributed by atoms with van der Waals surface area (Å²) >= 11 is 1.85. The number of rotatable bonds is 5. The average molecular weight is 644 g/mol. The lowest BCUT2D eigenvalue weighted by molar-refractivity contribution is 0.672. The van der Waals surface area contributed by atoms with Crippen molar-refractivity contribution >= 4 is 81.3 Å². The molecule has 10 rings (SSSR count). The minimum absolute atomic E-state index is 0.921. The first kappa shape index (κ1) is 27.9. The van der Waals surface area contributed by atoms with Crippen molar-refractivity contribution in [2.45, 2.75) is 0 Å². The molecule has 8 aromatic carbocycles. The van der Waals surface area contributed by atoms with E-state index in [0.29, 0.717) is 0 Å². The molecule has 0 aliphatic rings. The minimum atomic E-state index is 0.921. The summed E-state index contributed by atoms with van der Waals surface area (Å²) in [6.07, 6.45) is 0. The molecule has 2 aromatic heterocycles. The third-order valence-corrected chi connectivity index (χ3v) is 10.8. The Kier molecular flexibility index (Phi) is 6.39. The highest BCUT2D eigenvalue weighted by Gasteiger charge is 2.18. The molecule has 0 atom stereocenters. The second kappa shape index (κ2) is 11.2. The lowest BCUT2D eigenvalue weighted by Crippen LogP contribution is -2.09. The zero-order chi connectivity index (χ0) is 32.3. The summed E-state index contributed by atoms with van der Waals surface area (Å²) < 4.78 is 8.97. The number of thiophene rings is 1. The number of anilines is 3. The Bertz CT molecular complexity index is 2810. The lowest BCUT2D eigenvalue weighted by atomic mass is 9.94. The smallest absolute Gasteiger partial charge is 0.143 e. The third kappa shape index (κ3) is 4.62. The van der Waals surface area contributed by atoms with Crippen molar-refractivity contribution in [2.24, 2.45) is 0 Å². The quantitative estimate of drug-likeness (QED) is 0.186. The molecule has 0 saturated heterocycles. The largest absolute Gasteiger partial charge is 0.455 e. The van der Waals surface area contributed by atoms with E-state index in [0.717, 1.165) is 44.4 Å². The highest BCUT2D eigenvalue weighted by atomic mass is 32.1. The van der Waals surface area contributed by atoms with Gasteiger partial charge in [0.05, 0.1) is 0 Å². The molecule has 0 amide bonds. The highest BCUT2D eigenvalue weighted by Crippen LogP contribution is 2.44. The van der Waals surface area contributed by atoms with Gasteiger partial charge in [-0.3, -0.25) is 0 Å². The molecule has 230 valence electrons. The van der Waals surface area contributed by atoms with Crippen molar-refractivity contribution in [3.05, 3.63) is 176 Å². The molecule has 0 bridgehead atoms. The predicted molar refractivity (Wildman–Crippen MR) is 210 cm³/mol. The van der Waals surface area contributed by atoms with Crippen LogP contribution < -0.4 is 4.90 Å². The predicted octanol–water partition coefficient (Wildman–Crippen LogP) is 13.9. The molecule has 0 radical (unpaired) electrons. The van der Waals surface area contributed by atoms with Crippen LogP contribution >= 0.6 is 11.3 Å². The Morgan fingerprint density at radius 1 is 0.367 bits per heavy atom. The van der Waals surface area contributed by atoms with Gasteiger partial charge in [-0.2, -0.15) is 0 Å². The van der Waals surface area contributed by atoms with Crippen LogP contribution in [0.15, 0.2) is 180 Å². The van der Waals surface area contributed by atoms with Crippen molar-refractivity contribution in [1.29, 1.82) is 0 Å². The maximum atomic E-state index is 6.41. The van der Waals surface area contributed by atoms with E-state index in [-0.39, 0.29) is 0 Å². The van der Waals surface area contributed by atoms with Crippen LogP contribution in [0.5, 0.6) is 0 Å². The molecule has 2 nitrogen and oxygen atoms in total. The van der Waals surface area contributed by atoms with Crippen LogP contribution in [0.3, 0.4) is 0 Å². The van der Waals surface area contributed by atoms with Crippen molar-refractivity contribution < 1.29 is 4.42 Å². The topological polar surface area (TPSA) is 16.4 Å². The Morgan fingerprint density at radius 2 is 0.939 bits per heavy atom. The molecule has 0 fully saturated rings. The zero-order valence-corrected chi connectivity index (χ0v) is 27.3. The first-order chi connectivity index (χ1) is 24.3. The van der Waals surface area contributed by atoms with E-state index in [9.17, 15) is 0 Å². The van der Waals surface area contributed by atoms with Gasteiger partial charge in [-0.05, 0) is 94.4 Å². The van der Waals surface area contributed by atoms with E-state index in [1.54, 1.807) is 0 Å². The summed E-state index contributed by atoms with van der Waals surface area (Å²) in [5.41, 5.74) is 10.1. The van der Waals surface area contributed by atoms with Crippen LogP contribution in [0, 0.1) is 0 Å². The molecule has 0 N–H and O–H groups in total. The fourth-order valence-electron chi connectivity index (χ4n) is 7.32. The van der Waals surface area contributed by atoms with E-state index in [2.05, 4.69) is 175 Å². The molecule has 0 saturated carbocycles. The molecule has 3 heteroatoms. The summed E-state index contributed by atoms with van der Waals surface area (Å²) in [6, 6.07) is 63.2. The summed E-state index contributed by atoms with van der Waals surface area (Å²) in [5, 5.41) is 7.17. The number of furan rings is 1. The second-order valence-electron chi connectivity index (χ2n) is 12.5. The molecular formula is C46H29NOS. The van der Waals surface area contributed by atoms with Gasteiger partial charge in [-0.25, -0.2) is 0 Å². The van der Waals surface area contributed by atoms with Crippen LogP contribution in [-0.4, -0.2) is 0 Å². The lowest BCUT2D eigenvalue weighted by Gasteiger charge is -2.26. The number of fused-ring (bicyclic) bond motifs is 8. The normalized spacial score (nSPS) is 11.7.